The van der Waals surface area contributed by atoms with E-state index in [2.05, 4.69) is 10.6 Å². The molecule has 0 radical (unpaired) electrons. The van der Waals surface area contributed by atoms with Crippen LogP contribution in [0.25, 0.3) is 0 Å². The highest BCUT2D eigenvalue weighted by atomic mass is 35.5. The average Bonchev–Trinajstić information content (AvgIpc) is 3.17. The fourth-order valence-electron chi connectivity index (χ4n) is 2.49. The minimum atomic E-state index is -0.769. The molecule has 1 atom stereocenters. The van der Waals surface area contributed by atoms with Crippen LogP contribution in [0.3, 0.4) is 0 Å². The first-order chi connectivity index (χ1) is 12.6. The van der Waals surface area contributed by atoms with Crippen LogP contribution in [0.15, 0.2) is 77.4 Å². The monoisotopic (exact) mass is 368 g/mol. The Morgan fingerprint density at radius 2 is 1.81 bits per heavy atom. The van der Waals surface area contributed by atoms with Crippen molar-refractivity contribution >= 4 is 29.1 Å². The standard InChI is InChI=1S/C20H17ClN2O3/c21-15-8-4-9-16(13-15)22-19(24)17(12-14-6-2-1-3-7-14)23-20(25)18-10-5-11-26-18/h1-11,13,17H,12H2,(H,22,24)(H,23,25). The van der Waals surface area contributed by atoms with Crippen molar-refractivity contribution in [3.63, 3.8) is 0 Å². The van der Waals surface area contributed by atoms with Crippen molar-refractivity contribution in [1.82, 2.24) is 5.32 Å². The van der Waals surface area contributed by atoms with Crippen LogP contribution in [0.4, 0.5) is 5.69 Å². The summed E-state index contributed by atoms with van der Waals surface area (Å²) >= 11 is 5.96. The van der Waals surface area contributed by atoms with Crippen LogP contribution in [0.1, 0.15) is 16.1 Å². The number of carbonyl (C=O) groups excluding carboxylic acids is 2. The maximum atomic E-state index is 12.7. The molecule has 1 unspecified atom stereocenters. The normalized spacial score (nSPS) is 11.6. The summed E-state index contributed by atoms with van der Waals surface area (Å²) in [5.74, 6) is -0.633. The van der Waals surface area contributed by atoms with Crippen LogP contribution >= 0.6 is 11.6 Å². The van der Waals surface area contributed by atoms with E-state index in [1.54, 1.807) is 36.4 Å². The number of rotatable bonds is 6. The molecule has 0 fully saturated rings. The Kier molecular flexibility index (Phi) is 5.71. The molecule has 0 saturated heterocycles. The molecule has 132 valence electrons. The van der Waals surface area contributed by atoms with E-state index in [1.165, 1.54) is 6.26 Å². The molecule has 2 aromatic carbocycles. The second-order valence-corrected chi connectivity index (χ2v) is 6.13. The van der Waals surface area contributed by atoms with Gasteiger partial charge in [0, 0.05) is 17.1 Å². The minimum absolute atomic E-state index is 0.151. The Morgan fingerprint density at radius 1 is 1.00 bits per heavy atom. The Morgan fingerprint density at radius 3 is 2.50 bits per heavy atom. The van der Waals surface area contributed by atoms with Gasteiger partial charge in [0.25, 0.3) is 5.91 Å². The number of hydrogen-bond acceptors (Lipinski definition) is 3. The lowest BCUT2D eigenvalue weighted by Crippen LogP contribution is -2.45. The van der Waals surface area contributed by atoms with Crippen molar-refractivity contribution in [2.75, 3.05) is 5.32 Å². The Labute approximate surface area is 156 Å². The molecule has 0 bridgehead atoms. The molecule has 0 saturated carbocycles. The molecular weight excluding hydrogens is 352 g/mol. The number of benzene rings is 2. The minimum Gasteiger partial charge on any atom is -0.459 e. The summed E-state index contributed by atoms with van der Waals surface area (Å²) in [7, 11) is 0. The van der Waals surface area contributed by atoms with Crippen LogP contribution in [-0.2, 0) is 11.2 Å². The fourth-order valence-corrected chi connectivity index (χ4v) is 2.68. The second-order valence-electron chi connectivity index (χ2n) is 5.69. The SMILES string of the molecule is O=C(NC(Cc1ccccc1)C(=O)Nc1cccc(Cl)c1)c1ccco1. The highest BCUT2D eigenvalue weighted by Crippen LogP contribution is 2.16. The van der Waals surface area contributed by atoms with Crippen molar-refractivity contribution < 1.29 is 14.0 Å². The van der Waals surface area contributed by atoms with Gasteiger partial charge in [-0.05, 0) is 35.9 Å². The summed E-state index contributed by atoms with van der Waals surface area (Å²) in [5, 5.41) is 6.03. The summed E-state index contributed by atoms with van der Waals surface area (Å²) in [5.41, 5.74) is 1.49. The van der Waals surface area contributed by atoms with Gasteiger partial charge in [-0.1, -0.05) is 48.0 Å². The first kappa shape index (κ1) is 17.8. The van der Waals surface area contributed by atoms with Gasteiger partial charge in [-0.3, -0.25) is 9.59 Å². The highest BCUT2D eigenvalue weighted by molar-refractivity contribution is 6.30. The molecule has 5 nitrogen and oxygen atoms in total. The summed E-state index contributed by atoms with van der Waals surface area (Å²) in [6.07, 6.45) is 1.76. The maximum absolute atomic E-state index is 12.7. The second kappa shape index (κ2) is 8.36. The third-order valence-electron chi connectivity index (χ3n) is 3.74. The number of hydrogen-bond donors (Lipinski definition) is 2. The van der Waals surface area contributed by atoms with E-state index in [0.717, 1.165) is 5.56 Å². The number of anilines is 1. The third kappa shape index (κ3) is 4.74. The first-order valence-corrected chi connectivity index (χ1v) is 8.44. The van der Waals surface area contributed by atoms with Crippen LogP contribution in [-0.4, -0.2) is 17.9 Å². The van der Waals surface area contributed by atoms with Crippen molar-refractivity contribution in [2.24, 2.45) is 0 Å². The van der Waals surface area contributed by atoms with E-state index < -0.39 is 11.9 Å². The maximum Gasteiger partial charge on any atom is 0.287 e. The zero-order valence-electron chi connectivity index (χ0n) is 13.8. The van der Waals surface area contributed by atoms with Gasteiger partial charge in [-0.25, -0.2) is 0 Å². The number of carbonyl (C=O) groups is 2. The molecule has 0 spiro atoms. The van der Waals surface area contributed by atoms with Gasteiger partial charge >= 0.3 is 0 Å². The van der Waals surface area contributed by atoms with Gasteiger partial charge in [0.1, 0.15) is 6.04 Å². The van der Waals surface area contributed by atoms with Crippen LogP contribution in [0.5, 0.6) is 0 Å². The largest absolute Gasteiger partial charge is 0.459 e. The molecule has 1 aromatic heterocycles. The van der Waals surface area contributed by atoms with E-state index in [-0.39, 0.29) is 11.7 Å². The van der Waals surface area contributed by atoms with Gasteiger partial charge in [-0.15, -0.1) is 0 Å². The van der Waals surface area contributed by atoms with E-state index in [4.69, 9.17) is 16.0 Å². The lowest BCUT2D eigenvalue weighted by molar-refractivity contribution is -0.118. The molecule has 1 heterocycles. The quantitative estimate of drug-likeness (QED) is 0.692. The number of furan rings is 1. The molecule has 3 aromatic rings. The summed E-state index contributed by atoms with van der Waals surface area (Å²) in [4.78, 5) is 25.0. The number of nitrogens with one attached hydrogen (secondary N) is 2. The summed E-state index contributed by atoms with van der Waals surface area (Å²) in [6.45, 7) is 0. The number of amides is 2. The third-order valence-corrected chi connectivity index (χ3v) is 3.98. The van der Waals surface area contributed by atoms with Crippen molar-refractivity contribution in [3.8, 4) is 0 Å². The predicted octanol–water partition coefficient (Wildman–Crippen LogP) is 3.91. The molecule has 0 aliphatic heterocycles. The van der Waals surface area contributed by atoms with E-state index in [9.17, 15) is 9.59 Å². The Hall–Kier alpha value is -3.05. The van der Waals surface area contributed by atoms with Crippen LogP contribution < -0.4 is 10.6 Å². The summed E-state index contributed by atoms with van der Waals surface area (Å²) < 4.78 is 5.10. The van der Waals surface area contributed by atoms with Gasteiger partial charge in [0.2, 0.25) is 5.91 Å². The van der Waals surface area contributed by atoms with E-state index in [0.29, 0.717) is 17.1 Å². The van der Waals surface area contributed by atoms with Crippen molar-refractivity contribution in [2.45, 2.75) is 12.5 Å². The smallest absolute Gasteiger partial charge is 0.287 e. The van der Waals surface area contributed by atoms with Crippen molar-refractivity contribution in [3.05, 3.63) is 89.3 Å². The molecule has 3 rings (SSSR count). The van der Waals surface area contributed by atoms with Gasteiger partial charge in [0.15, 0.2) is 5.76 Å². The molecule has 0 aliphatic rings. The molecule has 0 aliphatic carbocycles. The Bertz CT molecular complexity index is 879. The summed E-state index contributed by atoms with van der Waals surface area (Å²) in [6, 6.07) is 18.7. The zero-order chi connectivity index (χ0) is 18.4. The van der Waals surface area contributed by atoms with Crippen molar-refractivity contribution in [1.29, 1.82) is 0 Å². The highest BCUT2D eigenvalue weighted by Gasteiger charge is 2.23. The average molecular weight is 369 g/mol. The van der Waals surface area contributed by atoms with Crippen LogP contribution in [0, 0.1) is 0 Å². The van der Waals surface area contributed by atoms with Crippen LogP contribution in [0.2, 0.25) is 5.02 Å². The van der Waals surface area contributed by atoms with Gasteiger partial charge in [-0.2, -0.15) is 0 Å². The zero-order valence-corrected chi connectivity index (χ0v) is 14.6. The van der Waals surface area contributed by atoms with Gasteiger partial charge in [0.05, 0.1) is 6.26 Å². The topological polar surface area (TPSA) is 71.3 Å². The lowest BCUT2D eigenvalue weighted by Gasteiger charge is -2.18. The molecule has 2 N–H and O–H groups in total. The predicted molar refractivity (Wildman–Crippen MR) is 100 cm³/mol. The molecule has 2 amide bonds. The first-order valence-electron chi connectivity index (χ1n) is 8.06. The Balaban J connectivity index is 1.77. The molecule has 6 heteroatoms. The fraction of sp³-hybridized carbons (Fsp3) is 0.100. The number of halogens is 1. The lowest BCUT2D eigenvalue weighted by atomic mass is 10.0. The van der Waals surface area contributed by atoms with E-state index in [1.807, 2.05) is 30.3 Å². The molecular formula is C20H17ClN2O3. The molecule has 26 heavy (non-hydrogen) atoms. The van der Waals surface area contributed by atoms with Gasteiger partial charge < -0.3 is 15.1 Å². The van der Waals surface area contributed by atoms with E-state index >= 15 is 0 Å².